The first kappa shape index (κ1) is 10.8. The van der Waals surface area contributed by atoms with Crippen LogP contribution in [0.4, 0.5) is 5.69 Å². The Bertz CT molecular complexity index is 471. The average Bonchev–Trinajstić information content (AvgIpc) is 2.32. The van der Waals surface area contributed by atoms with Gasteiger partial charge < -0.3 is 10.1 Å². The Morgan fingerprint density at radius 1 is 1.12 bits per heavy atom. The van der Waals surface area contributed by atoms with Gasteiger partial charge in [-0.25, -0.2) is 0 Å². The van der Waals surface area contributed by atoms with Gasteiger partial charge in [0.1, 0.15) is 11.5 Å². The third-order valence-electron chi connectivity index (χ3n) is 2.05. The van der Waals surface area contributed by atoms with Gasteiger partial charge in [-0.3, -0.25) is 4.98 Å². The molecule has 0 saturated heterocycles. The molecule has 1 N–H and O–H groups in total. The van der Waals surface area contributed by atoms with E-state index in [0.29, 0.717) is 10.8 Å². The quantitative estimate of drug-likeness (QED) is 0.882. The zero-order valence-electron chi connectivity index (χ0n) is 8.77. The molecule has 0 saturated carbocycles. The molecule has 0 spiro atoms. The predicted molar refractivity (Wildman–Crippen MR) is 65.3 cm³/mol. The molecule has 0 bridgehead atoms. The van der Waals surface area contributed by atoms with Crippen LogP contribution < -0.4 is 10.1 Å². The molecule has 2 aromatic rings. The van der Waals surface area contributed by atoms with Crippen molar-refractivity contribution in [2.75, 3.05) is 12.4 Å². The standard InChI is InChI=1S/C12H11ClN2O/c1-14-10-6-12(8-15-7-10)16-11-4-2-9(13)3-5-11/h2-8,14H,1H3. The van der Waals surface area contributed by atoms with Gasteiger partial charge in [-0.15, -0.1) is 0 Å². The zero-order valence-corrected chi connectivity index (χ0v) is 9.53. The molecular weight excluding hydrogens is 224 g/mol. The molecule has 2 rings (SSSR count). The van der Waals surface area contributed by atoms with E-state index in [9.17, 15) is 0 Å². The summed E-state index contributed by atoms with van der Waals surface area (Å²) in [6.07, 6.45) is 3.39. The van der Waals surface area contributed by atoms with Crippen molar-refractivity contribution in [3.8, 4) is 11.5 Å². The van der Waals surface area contributed by atoms with Gasteiger partial charge in [0.15, 0.2) is 0 Å². The summed E-state index contributed by atoms with van der Waals surface area (Å²) in [4.78, 5) is 4.06. The molecule has 0 aliphatic rings. The van der Waals surface area contributed by atoms with Crippen LogP contribution in [0.15, 0.2) is 42.7 Å². The first-order chi connectivity index (χ1) is 7.78. The highest BCUT2D eigenvalue weighted by Crippen LogP contribution is 2.23. The van der Waals surface area contributed by atoms with Crippen LogP contribution in [0.3, 0.4) is 0 Å². The lowest BCUT2D eigenvalue weighted by Crippen LogP contribution is -1.90. The number of nitrogens with zero attached hydrogens (tertiary/aromatic N) is 1. The molecule has 4 heteroatoms. The minimum absolute atomic E-state index is 0.689. The predicted octanol–water partition coefficient (Wildman–Crippen LogP) is 3.57. The highest BCUT2D eigenvalue weighted by atomic mass is 35.5. The van der Waals surface area contributed by atoms with Crippen LogP contribution in [-0.2, 0) is 0 Å². The van der Waals surface area contributed by atoms with E-state index in [2.05, 4.69) is 10.3 Å². The highest BCUT2D eigenvalue weighted by molar-refractivity contribution is 6.30. The number of hydrogen-bond acceptors (Lipinski definition) is 3. The molecule has 82 valence electrons. The van der Waals surface area contributed by atoms with E-state index in [4.69, 9.17) is 16.3 Å². The summed E-state index contributed by atoms with van der Waals surface area (Å²) in [7, 11) is 1.84. The van der Waals surface area contributed by atoms with Crippen molar-refractivity contribution >= 4 is 17.3 Å². The van der Waals surface area contributed by atoms with E-state index in [1.54, 1.807) is 24.5 Å². The normalized spacial score (nSPS) is 9.88. The van der Waals surface area contributed by atoms with Crippen molar-refractivity contribution in [2.24, 2.45) is 0 Å². The van der Waals surface area contributed by atoms with E-state index in [1.165, 1.54) is 0 Å². The number of benzene rings is 1. The van der Waals surface area contributed by atoms with Crippen LogP contribution in [0.25, 0.3) is 0 Å². The van der Waals surface area contributed by atoms with Crippen molar-refractivity contribution < 1.29 is 4.74 Å². The van der Waals surface area contributed by atoms with Gasteiger partial charge >= 0.3 is 0 Å². The van der Waals surface area contributed by atoms with Crippen LogP contribution >= 0.6 is 11.6 Å². The van der Waals surface area contributed by atoms with Crippen LogP contribution in [0, 0.1) is 0 Å². The minimum atomic E-state index is 0.689. The summed E-state index contributed by atoms with van der Waals surface area (Å²) in [5.74, 6) is 1.42. The van der Waals surface area contributed by atoms with Crippen molar-refractivity contribution in [3.63, 3.8) is 0 Å². The second-order valence-electron chi connectivity index (χ2n) is 3.22. The molecule has 1 aromatic heterocycles. The van der Waals surface area contributed by atoms with Crippen molar-refractivity contribution in [3.05, 3.63) is 47.7 Å². The van der Waals surface area contributed by atoms with Gasteiger partial charge in [-0.2, -0.15) is 0 Å². The first-order valence-electron chi connectivity index (χ1n) is 4.84. The van der Waals surface area contributed by atoms with Crippen molar-refractivity contribution in [2.45, 2.75) is 0 Å². The van der Waals surface area contributed by atoms with E-state index in [0.717, 1.165) is 11.4 Å². The maximum atomic E-state index is 5.78. The summed E-state index contributed by atoms with van der Waals surface area (Å²) < 4.78 is 5.61. The average molecular weight is 235 g/mol. The third kappa shape index (κ3) is 2.64. The maximum Gasteiger partial charge on any atom is 0.147 e. The highest BCUT2D eigenvalue weighted by Gasteiger charge is 1.98. The van der Waals surface area contributed by atoms with Gasteiger partial charge in [-0.05, 0) is 24.3 Å². The Balaban J connectivity index is 2.16. The molecule has 1 heterocycles. The summed E-state index contributed by atoms with van der Waals surface area (Å²) in [6.45, 7) is 0. The lowest BCUT2D eigenvalue weighted by molar-refractivity contribution is 0.480. The number of nitrogens with one attached hydrogen (secondary N) is 1. The fourth-order valence-electron chi connectivity index (χ4n) is 1.25. The number of aromatic nitrogens is 1. The minimum Gasteiger partial charge on any atom is -0.456 e. The number of ether oxygens (including phenoxy) is 1. The third-order valence-corrected chi connectivity index (χ3v) is 2.30. The van der Waals surface area contributed by atoms with Gasteiger partial charge in [-0.1, -0.05) is 11.6 Å². The monoisotopic (exact) mass is 234 g/mol. The second-order valence-corrected chi connectivity index (χ2v) is 3.65. The molecule has 3 nitrogen and oxygen atoms in total. The smallest absolute Gasteiger partial charge is 0.147 e. The Labute approximate surface area is 99.0 Å². The number of anilines is 1. The number of halogens is 1. The fourth-order valence-corrected chi connectivity index (χ4v) is 1.38. The Morgan fingerprint density at radius 3 is 2.56 bits per heavy atom. The molecule has 0 amide bonds. The summed E-state index contributed by atoms with van der Waals surface area (Å²) in [5, 5.41) is 3.69. The van der Waals surface area contributed by atoms with E-state index < -0.39 is 0 Å². The van der Waals surface area contributed by atoms with Gasteiger partial charge in [0.25, 0.3) is 0 Å². The second kappa shape index (κ2) is 4.86. The molecule has 0 fully saturated rings. The SMILES string of the molecule is CNc1cncc(Oc2ccc(Cl)cc2)c1. The number of rotatable bonds is 3. The molecule has 0 aliphatic heterocycles. The fraction of sp³-hybridized carbons (Fsp3) is 0.0833. The first-order valence-corrected chi connectivity index (χ1v) is 5.22. The van der Waals surface area contributed by atoms with Crippen LogP contribution in [0.5, 0.6) is 11.5 Å². The Kier molecular flexibility index (Phi) is 3.27. The zero-order chi connectivity index (χ0) is 11.4. The van der Waals surface area contributed by atoms with E-state index in [-0.39, 0.29) is 0 Å². The van der Waals surface area contributed by atoms with E-state index in [1.807, 2.05) is 25.2 Å². The molecule has 1 aromatic carbocycles. The number of hydrogen-bond donors (Lipinski definition) is 1. The summed E-state index contributed by atoms with van der Waals surface area (Å²) in [6, 6.07) is 9.07. The van der Waals surface area contributed by atoms with E-state index >= 15 is 0 Å². The molecule has 0 aliphatic carbocycles. The Morgan fingerprint density at radius 2 is 1.88 bits per heavy atom. The largest absolute Gasteiger partial charge is 0.456 e. The van der Waals surface area contributed by atoms with Crippen LogP contribution in [-0.4, -0.2) is 12.0 Å². The topological polar surface area (TPSA) is 34.2 Å². The number of pyridine rings is 1. The molecule has 16 heavy (non-hydrogen) atoms. The summed E-state index contributed by atoms with van der Waals surface area (Å²) >= 11 is 5.78. The van der Waals surface area contributed by atoms with Gasteiger partial charge in [0.05, 0.1) is 18.1 Å². The van der Waals surface area contributed by atoms with Crippen LogP contribution in [0.2, 0.25) is 5.02 Å². The van der Waals surface area contributed by atoms with Crippen LogP contribution in [0.1, 0.15) is 0 Å². The molecule has 0 atom stereocenters. The molecular formula is C12H11ClN2O. The van der Waals surface area contributed by atoms with Crippen molar-refractivity contribution in [1.82, 2.24) is 4.98 Å². The maximum absolute atomic E-state index is 5.78. The van der Waals surface area contributed by atoms with Crippen molar-refractivity contribution in [1.29, 1.82) is 0 Å². The lowest BCUT2D eigenvalue weighted by atomic mass is 10.3. The molecule has 0 radical (unpaired) electrons. The molecule has 0 unspecified atom stereocenters. The van der Waals surface area contributed by atoms with Gasteiger partial charge in [0.2, 0.25) is 0 Å². The van der Waals surface area contributed by atoms with Gasteiger partial charge in [0, 0.05) is 18.1 Å². The summed E-state index contributed by atoms with van der Waals surface area (Å²) in [5.41, 5.74) is 0.909. The lowest BCUT2D eigenvalue weighted by Gasteiger charge is -2.06. The Hall–Kier alpha value is -1.74.